The Morgan fingerprint density at radius 3 is 2.17 bits per heavy atom. The Kier molecular flexibility index (Phi) is 6.63. The molecular formula is C24H24N2O3. The van der Waals surface area contributed by atoms with Crippen LogP contribution in [0, 0.1) is 0 Å². The van der Waals surface area contributed by atoms with Crippen molar-refractivity contribution in [3.05, 3.63) is 90.0 Å². The fraction of sp³-hybridized carbons (Fsp3) is 0.167. The number of anilines is 2. The monoisotopic (exact) mass is 388 g/mol. The summed E-state index contributed by atoms with van der Waals surface area (Å²) < 4.78 is 5.41. The van der Waals surface area contributed by atoms with Crippen molar-refractivity contribution in [1.29, 1.82) is 0 Å². The van der Waals surface area contributed by atoms with Gasteiger partial charge in [-0.2, -0.15) is 0 Å². The summed E-state index contributed by atoms with van der Waals surface area (Å²) in [5.74, 6) is 0.262. The number of nitrogens with one attached hydrogen (secondary N) is 1. The Hall–Kier alpha value is -3.60. The molecule has 0 fully saturated rings. The van der Waals surface area contributed by atoms with Crippen LogP contribution in [0.1, 0.15) is 34.6 Å². The molecule has 0 saturated heterocycles. The molecule has 3 aromatic carbocycles. The molecule has 0 saturated carbocycles. The van der Waals surface area contributed by atoms with Crippen LogP contribution in [0.25, 0.3) is 0 Å². The smallest absolute Gasteiger partial charge is 0.260 e. The van der Waals surface area contributed by atoms with E-state index in [-0.39, 0.29) is 11.8 Å². The van der Waals surface area contributed by atoms with Gasteiger partial charge in [0.2, 0.25) is 0 Å². The molecule has 0 spiro atoms. The molecule has 3 aromatic rings. The number of nitrogens with zero attached hydrogens (tertiary/aromatic N) is 1. The van der Waals surface area contributed by atoms with Crippen LogP contribution < -0.4 is 15.0 Å². The highest BCUT2D eigenvalue weighted by molar-refractivity contribution is 6.13. The lowest BCUT2D eigenvalue weighted by molar-refractivity contribution is 0.0989. The van der Waals surface area contributed by atoms with Gasteiger partial charge < -0.3 is 15.0 Å². The molecule has 0 bridgehead atoms. The summed E-state index contributed by atoms with van der Waals surface area (Å²) in [5.41, 5.74) is 2.22. The average Bonchev–Trinajstić information content (AvgIpc) is 2.76. The number of rotatable bonds is 7. The maximum Gasteiger partial charge on any atom is 0.260 e. The third-order valence-electron chi connectivity index (χ3n) is 4.46. The number of carbonyl (C=O) groups excluding carboxylic acids is 2. The number of ether oxygens (including phenoxy) is 1. The third kappa shape index (κ3) is 4.82. The number of benzene rings is 3. The Morgan fingerprint density at radius 2 is 1.52 bits per heavy atom. The van der Waals surface area contributed by atoms with Crippen molar-refractivity contribution < 1.29 is 14.3 Å². The first-order valence-corrected chi connectivity index (χ1v) is 9.64. The van der Waals surface area contributed by atoms with Crippen LogP contribution in [0.2, 0.25) is 0 Å². The van der Waals surface area contributed by atoms with Crippen molar-refractivity contribution in [2.75, 3.05) is 23.4 Å². The zero-order valence-electron chi connectivity index (χ0n) is 16.6. The fourth-order valence-electron chi connectivity index (χ4n) is 3.04. The molecule has 2 amide bonds. The van der Waals surface area contributed by atoms with Gasteiger partial charge in [0.05, 0.1) is 17.9 Å². The van der Waals surface area contributed by atoms with Crippen LogP contribution in [0.15, 0.2) is 78.9 Å². The van der Waals surface area contributed by atoms with Crippen LogP contribution in [0.3, 0.4) is 0 Å². The molecule has 0 aliphatic rings. The molecular weight excluding hydrogens is 364 g/mol. The van der Waals surface area contributed by atoms with Gasteiger partial charge in [-0.1, -0.05) is 30.3 Å². The number of para-hydroxylation sites is 2. The molecule has 148 valence electrons. The lowest BCUT2D eigenvalue weighted by Gasteiger charge is -2.22. The van der Waals surface area contributed by atoms with Gasteiger partial charge in [0.1, 0.15) is 5.75 Å². The molecule has 0 heterocycles. The highest BCUT2D eigenvalue weighted by Gasteiger charge is 2.20. The highest BCUT2D eigenvalue weighted by Crippen LogP contribution is 2.22. The van der Waals surface area contributed by atoms with Gasteiger partial charge in [-0.3, -0.25) is 9.59 Å². The molecule has 29 heavy (non-hydrogen) atoms. The van der Waals surface area contributed by atoms with Crippen molar-refractivity contribution in [2.45, 2.75) is 13.8 Å². The number of amides is 2. The molecule has 1 N–H and O–H groups in total. The van der Waals surface area contributed by atoms with Gasteiger partial charge in [0, 0.05) is 17.8 Å². The van der Waals surface area contributed by atoms with E-state index in [9.17, 15) is 9.59 Å². The van der Waals surface area contributed by atoms with E-state index in [1.807, 2.05) is 44.2 Å². The number of carbonyl (C=O) groups is 2. The first-order valence-electron chi connectivity index (χ1n) is 9.64. The topological polar surface area (TPSA) is 58.6 Å². The van der Waals surface area contributed by atoms with Crippen molar-refractivity contribution in [2.24, 2.45) is 0 Å². The first-order chi connectivity index (χ1) is 14.1. The van der Waals surface area contributed by atoms with E-state index < -0.39 is 0 Å². The van der Waals surface area contributed by atoms with E-state index in [0.717, 1.165) is 5.69 Å². The summed E-state index contributed by atoms with van der Waals surface area (Å²) in [5, 5.41) is 2.86. The SMILES string of the molecule is CCOc1ccc(C(=O)Nc2ccccc2C(=O)N(CC)c2ccccc2)cc1. The predicted molar refractivity (Wildman–Crippen MR) is 116 cm³/mol. The Bertz CT molecular complexity index is 969. The fourth-order valence-corrected chi connectivity index (χ4v) is 3.04. The summed E-state index contributed by atoms with van der Waals surface area (Å²) >= 11 is 0. The second-order valence-corrected chi connectivity index (χ2v) is 6.34. The summed E-state index contributed by atoms with van der Waals surface area (Å²) in [6.45, 7) is 4.91. The third-order valence-corrected chi connectivity index (χ3v) is 4.46. The van der Waals surface area contributed by atoms with Crippen molar-refractivity contribution in [3.63, 3.8) is 0 Å². The standard InChI is InChI=1S/C24H24N2O3/c1-3-26(19-10-6-5-7-11-19)24(28)21-12-8-9-13-22(21)25-23(27)18-14-16-20(17-15-18)29-4-2/h5-17H,3-4H2,1-2H3,(H,25,27). The zero-order chi connectivity index (χ0) is 20.6. The molecule has 5 heteroatoms. The molecule has 0 atom stereocenters. The van der Waals surface area contributed by atoms with E-state index in [0.29, 0.717) is 35.7 Å². The van der Waals surface area contributed by atoms with Crippen molar-refractivity contribution >= 4 is 23.2 Å². The van der Waals surface area contributed by atoms with Crippen LogP contribution in [0.4, 0.5) is 11.4 Å². The maximum absolute atomic E-state index is 13.2. The van der Waals surface area contributed by atoms with Gasteiger partial charge in [0.15, 0.2) is 0 Å². The van der Waals surface area contributed by atoms with Gasteiger partial charge in [-0.05, 0) is 62.4 Å². The van der Waals surface area contributed by atoms with E-state index in [1.54, 1.807) is 53.4 Å². The van der Waals surface area contributed by atoms with Crippen molar-refractivity contribution in [3.8, 4) is 5.75 Å². The summed E-state index contributed by atoms with van der Waals surface area (Å²) in [6.07, 6.45) is 0. The van der Waals surface area contributed by atoms with E-state index in [4.69, 9.17) is 4.74 Å². The van der Waals surface area contributed by atoms with E-state index >= 15 is 0 Å². The van der Waals surface area contributed by atoms with Crippen molar-refractivity contribution in [1.82, 2.24) is 0 Å². The lowest BCUT2D eigenvalue weighted by atomic mass is 10.1. The molecule has 0 unspecified atom stereocenters. The highest BCUT2D eigenvalue weighted by atomic mass is 16.5. The molecule has 0 aliphatic carbocycles. The van der Waals surface area contributed by atoms with Gasteiger partial charge in [-0.25, -0.2) is 0 Å². The molecule has 5 nitrogen and oxygen atoms in total. The largest absolute Gasteiger partial charge is 0.494 e. The second kappa shape index (κ2) is 9.55. The van der Waals surface area contributed by atoms with Crippen LogP contribution in [-0.2, 0) is 0 Å². The van der Waals surface area contributed by atoms with E-state index in [2.05, 4.69) is 5.32 Å². The first kappa shape index (κ1) is 20.1. The second-order valence-electron chi connectivity index (χ2n) is 6.34. The quantitative estimate of drug-likeness (QED) is 0.619. The average molecular weight is 388 g/mol. The number of hydrogen-bond acceptors (Lipinski definition) is 3. The van der Waals surface area contributed by atoms with Gasteiger partial charge in [-0.15, -0.1) is 0 Å². The van der Waals surface area contributed by atoms with Gasteiger partial charge in [0.25, 0.3) is 11.8 Å². The molecule has 0 aliphatic heterocycles. The molecule has 0 aromatic heterocycles. The van der Waals surface area contributed by atoms with E-state index in [1.165, 1.54) is 0 Å². The minimum absolute atomic E-state index is 0.165. The van der Waals surface area contributed by atoms with Crippen LogP contribution >= 0.6 is 0 Å². The Balaban J connectivity index is 1.83. The summed E-state index contributed by atoms with van der Waals surface area (Å²) in [6, 6.07) is 23.4. The lowest BCUT2D eigenvalue weighted by Crippen LogP contribution is -2.31. The Morgan fingerprint density at radius 1 is 0.862 bits per heavy atom. The summed E-state index contributed by atoms with van der Waals surface area (Å²) in [4.78, 5) is 27.6. The maximum atomic E-state index is 13.2. The van der Waals surface area contributed by atoms with Crippen LogP contribution in [-0.4, -0.2) is 25.0 Å². The molecule has 3 rings (SSSR count). The molecule has 0 radical (unpaired) electrons. The number of hydrogen-bond donors (Lipinski definition) is 1. The van der Waals surface area contributed by atoms with Gasteiger partial charge >= 0.3 is 0 Å². The minimum atomic E-state index is -0.281. The normalized spacial score (nSPS) is 10.3. The van der Waals surface area contributed by atoms with Crippen LogP contribution in [0.5, 0.6) is 5.75 Å². The predicted octanol–water partition coefficient (Wildman–Crippen LogP) is 5.00. The zero-order valence-corrected chi connectivity index (χ0v) is 16.6. The Labute approximate surface area is 170 Å². The minimum Gasteiger partial charge on any atom is -0.494 e. The summed E-state index contributed by atoms with van der Waals surface area (Å²) in [7, 11) is 0.